The van der Waals surface area contributed by atoms with Gasteiger partial charge >= 0.3 is 0 Å². The minimum Gasteiger partial charge on any atom is -0.284 e. The Hall–Kier alpha value is -0.830. The summed E-state index contributed by atoms with van der Waals surface area (Å²) in [6, 6.07) is 2.06. The van der Waals surface area contributed by atoms with E-state index >= 15 is 0 Å². The lowest BCUT2D eigenvalue weighted by Gasteiger charge is -2.25. The second-order valence-electron chi connectivity index (χ2n) is 3.82. The maximum absolute atomic E-state index is 4.38. The fraction of sp³-hybridized carbons (Fsp3) is 0.700. The molecule has 72 valence electrons. The van der Waals surface area contributed by atoms with Gasteiger partial charge in [0.25, 0.3) is 0 Å². The van der Waals surface area contributed by atoms with Gasteiger partial charge in [-0.3, -0.25) is 9.58 Å². The first-order valence-corrected chi connectivity index (χ1v) is 5.07. The third kappa shape index (κ3) is 2.31. The molecule has 0 aromatic carbocycles. The molecule has 2 heterocycles. The van der Waals surface area contributed by atoms with Crippen molar-refractivity contribution >= 4 is 0 Å². The number of aryl methyl sites for hydroxylation is 1. The summed E-state index contributed by atoms with van der Waals surface area (Å²) in [6.07, 6.45) is 6.15. The topological polar surface area (TPSA) is 21.1 Å². The molecule has 0 saturated carbocycles. The van der Waals surface area contributed by atoms with E-state index in [0.29, 0.717) is 0 Å². The van der Waals surface area contributed by atoms with Crippen molar-refractivity contribution in [1.29, 1.82) is 0 Å². The molecular weight excluding hydrogens is 162 g/mol. The molecule has 1 aliphatic heterocycles. The van der Waals surface area contributed by atoms with Crippen molar-refractivity contribution in [2.45, 2.75) is 32.9 Å². The Kier molecular flexibility index (Phi) is 2.64. The Balaban J connectivity index is 1.89. The lowest BCUT2D eigenvalue weighted by molar-refractivity contribution is 0.173. The third-order valence-electron chi connectivity index (χ3n) is 2.57. The monoisotopic (exact) mass is 179 g/mol. The van der Waals surface area contributed by atoms with E-state index < -0.39 is 0 Å². The van der Waals surface area contributed by atoms with Gasteiger partial charge in [-0.1, -0.05) is 6.42 Å². The van der Waals surface area contributed by atoms with Crippen LogP contribution in [0.2, 0.25) is 0 Å². The van der Waals surface area contributed by atoms with Gasteiger partial charge in [0.2, 0.25) is 0 Å². The number of aromatic nitrogens is 2. The number of nitrogens with zero attached hydrogens (tertiary/aromatic N) is 3. The fourth-order valence-corrected chi connectivity index (χ4v) is 1.85. The zero-order valence-electron chi connectivity index (χ0n) is 8.24. The maximum atomic E-state index is 4.38. The minimum atomic E-state index is 0.966. The molecule has 0 bridgehead atoms. The zero-order valence-corrected chi connectivity index (χ0v) is 8.24. The van der Waals surface area contributed by atoms with Crippen LogP contribution in [0.1, 0.15) is 25.0 Å². The highest BCUT2D eigenvalue weighted by Crippen LogP contribution is 2.09. The van der Waals surface area contributed by atoms with E-state index in [1.165, 1.54) is 32.4 Å². The van der Waals surface area contributed by atoms with Crippen LogP contribution in [0.3, 0.4) is 0 Å². The zero-order chi connectivity index (χ0) is 9.10. The molecule has 0 atom stereocenters. The van der Waals surface area contributed by atoms with Gasteiger partial charge in [-0.05, 0) is 38.9 Å². The molecule has 0 amide bonds. The lowest BCUT2D eigenvalue weighted by Crippen LogP contribution is -2.31. The third-order valence-corrected chi connectivity index (χ3v) is 2.57. The maximum Gasteiger partial charge on any atom is 0.0928 e. The van der Waals surface area contributed by atoms with Crippen LogP contribution < -0.4 is 0 Å². The van der Waals surface area contributed by atoms with Crippen LogP contribution in [0.25, 0.3) is 0 Å². The van der Waals surface area contributed by atoms with Gasteiger partial charge < -0.3 is 0 Å². The van der Waals surface area contributed by atoms with Crippen molar-refractivity contribution in [3.63, 3.8) is 0 Å². The highest BCUT2D eigenvalue weighted by atomic mass is 15.4. The van der Waals surface area contributed by atoms with Gasteiger partial charge in [-0.2, -0.15) is 5.10 Å². The molecule has 1 fully saturated rings. The highest BCUT2D eigenvalue weighted by molar-refractivity contribution is 4.94. The lowest BCUT2D eigenvalue weighted by atomic mass is 10.1. The summed E-state index contributed by atoms with van der Waals surface area (Å²) in [7, 11) is 0. The molecule has 0 spiro atoms. The summed E-state index contributed by atoms with van der Waals surface area (Å²) in [6.45, 7) is 5.47. The van der Waals surface area contributed by atoms with E-state index in [0.717, 1.165) is 12.4 Å². The van der Waals surface area contributed by atoms with Gasteiger partial charge in [0.1, 0.15) is 0 Å². The molecule has 0 aliphatic carbocycles. The smallest absolute Gasteiger partial charge is 0.0928 e. The Bertz CT molecular complexity index is 261. The molecule has 1 aromatic heterocycles. The van der Waals surface area contributed by atoms with Crippen LogP contribution in [0.5, 0.6) is 0 Å². The summed E-state index contributed by atoms with van der Waals surface area (Å²) in [5.74, 6) is 0. The first kappa shape index (κ1) is 8.75. The average Bonchev–Trinajstić information content (AvgIpc) is 2.53. The number of hydrogen-bond acceptors (Lipinski definition) is 2. The van der Waals surface area contributed by atoms with Crippen molar-refractivity contribution in [3.05, 3.63) is 18.0 Å². The summed E-state index contributed by atoms with van der Waals surface area (Å²) < 4.78 is 2.03. The van der Waals surface area contributed by atoms with Crippen molar-refractivity contribution in [3.8, 4) is 0 Å². The summed E-state index contributed by atoms with van der Waals surface area (Å²) in [4.78, 5) is 2.47. The highest BCUT2D eigenvalue weighted by Gasteiger charge is 2.09. The number of likely N-dealkylation sites (tertiary alicyclic amines) is 1. The van der Waals surface area contributed by atoms with E-state index in [2.05, 4.69) is 22.3 Å². The first-order chi connectivity index (χ1) is 6.34. The van der Waals surface area contributed by atoms with Crippen LogP contribution in [-0.2, 0) is 6.67 Å². The molecule has 3 heteroatoms. The van der Waals surface area contributed by atoms with E-state index in [1.54, 1.807) is 0 Å². The normalized spacial score (nSPS) is 19.2. The summed E-state index contributed by atoms with van der Waals surface area (Å²) >= 11 is 0. The minimum absolute atomic E-state index is 0.966. The largest absolute Gasteiger partial charge is 0.284 e. The molecule has 0 unspecified atom stereocenters. The summed E-state index contributed by atoms with van der Waals surface area (Å²) in [5.41, 5.74) is 1.11. The number of piperidine rings is 1. The van der Waals surface area contributed by atoms with Crippen molar-refractivity contribution < 1.29 is 0 Å². The predicted octanol–water partition coefficient (Wildman–Crippen LogP) is 1.63. The average molecular weight is 179 g/mol. The molecule has 1 aliphatic rings. The van der Waals surface area contributed by atoms with E-state index in [-0.39, 0.29) is 0 Å². The summed E-state index contributed by atoms with van der Waals surface area (Å²) in [5, 5.41) is 4.38. The van der Waals surface area contributed by atoms with Gasteiger partial charge in [0.05, 0.1) is 12.4 Å². The second-order valence-corrected chi connectivity index (χ2v) is 3.82. The van der Waals surface area contributed by atoms with Gasteiger partial charge in [-0.15, -0.1) is 0 Å². The molecule has 13 heavy (non-hydrogen) atoms. The number of hydrogen-bond donors (Lipinski definition) is 0. The quantitative estimate of drug-likeness (QED) is 0.688. The Morgan fingerprint density at radius 3 is 2.69 bits per heavy atom. The molecule has 1 saturated heterocycles. The standard InChI is InChI=1S/C10H17N3/c1-10-5-8-13(11-10)9-12-6-3-2-4-7-12/h5,8H,2-4,6-7,9H2,1H3. The van der Waals surface area contributed by atoms with Crippen molar-refractivity contribution in [1.82, 2.24) is 14.7 Å². The van der Waals surface area contributed by atoms with E-state index in [4.69, 9.17) is 0 Å². The molecule has 0 N–H and O–H groups in total. The Morgan fingerprint density at radius 2 is 2.08 bits per heavy atom. The second kappa shape index (κ2) is 3.92. The SMILES string of the molecule is Cc1ccn(CN2CCCCC2)n1. The van der Waals surface area contributed by atoms with Crippen molar-refractivity contribution in [2.24, 2.45) is 0 Å². The molecule has 2 rings (SSSR count). The molecular formula is C10H17N3. The van der Waals surface area contributed by atoms with Crippen LogP contribution in [0.4, 0.5) is 0 Å². The van der Waals surface area contributed by atoms with Gasteiger partial charge in [0, 0.05) is 6.20 Å². The molecule has 3 nitrogen and oxygen atoms in total. The molecule has 0 radical (unpaired) electrons. The first-order valence-electron chi connectivity index (χ1n) is 5.07. The van der Waals surface area contributed by atoms with Crippen LogP contribution in [-0.4, -0.2) is 27.8 Å². The predicted molar refractivity (Wildman–Crippen MR) is 52.4 cm³/mol. The Labute approximate surface area is 79.3 Å². The number of rotatable bonds is 2. The van der Waals surface area contributed by atoms with Gasteiger partial charge in [0.15, 0.2) is 0 Å². The Morgan fingerprint density at radius 1 is 1.31 bits per heavy atom. The fourth-order valence-electron chi connectivity index (χ4n) is 1.85. The van der Waals surface area contributed by atoms with E-state index in [1.807, 2.05) is 11.6 Å². The van der Waals surface area contributed by atoms with Crippen LogP contribution >= 0.6 is 0 Å². The van der Waals surface area contributed by atoms with Gasteiger partial charge in [-0.25, -0.2) is 0 Å². The van der Waals surface area contributed by atoms with Crippen LogP contribution in [0.15, 0.2) is 12.3 Å². The van der Waals surface area contributed by atoms with E-state index in [9.17, 15) is 0 Å². The van der Waals surface area contributed by atoms with Crippen LogP contribution in [0, 0.1) is 6.92 Å². The molecule has 1 aromatic rings. The van der Waals surface area contributed by atoms with Crippen molar-refractivity contribution in [2.75, 3.05) is 13.1 Å².